The van der Waals surface area contributed by atoms with E-state index in [0.29, 0.717) is 12.2 Å². The minimum Gasteiger partial charge on any atom is -0.398 e. The first-order chi connectivity index (χ1) is 8.96. The molecular formula is C14H22N2O2S. The maximum absolute atomic E-state index is 12.7. The van der Waals surface area contributed by atoms with E-state index in [0.717, 1.165) is 31.2 Å². The Bertz CT molecular complexity index is 555. The van der Waals surface area contributed by atoms with Gasteiger partial charge in [-0.2, -0.15) is 4.31 Å². The number of nitrogens with zero attached hydrogens (tertiary/aromatic N) is 1. The van der Waals surface area contributed by atoms with Gasteiger partial charge in [0.25, 0.3) is 0 Å². The lowest BCUT2D eigenvalue weighted by molar-refractivity contribution is 0.246. The van der Waals surface area contributed by atoms with Crippen molar-refractivity contribution >= 4 is 15.7 Å². The van der Waals surface area contributed by atoms with E-state index in [1.54, 1.807) is 22.5 Å². The highest BCUT2D eigenvalue weighted by Crippen LogP contribution is 2.29. The van der Waals surface area contributed by atoms with Crippen LogP contribution in [0.25, 0.3) is 0 Å². The average Bonchev–Trinajstić information content (AvgIpc) is 2.38. The van der Waals surface area contributed by atoms with Crippen LogP contribution in [-0.2, 0) is 10.0 Å². The van der Waals surface area contributed by atoms with Crippen molar-refractivity contribution in [2.45, 2.75) is 50.5 Å². The zero-order chi connectivity index (χ0) is 14.0. The molecule has 19 heavy (non-hydrogen) atoms. The van der Waals surface area contributed by atoms with E-state index in [4.69, 9.17) is 5.73 Å². The van der Waals surface area contributed by atoms with Crippen LogP contribution in [0.1, 0.15) is 38.2 Å². The number of rotatable bonds is 3. The van der Waals surface area contributed by atoms with E-state index in [9.17, 15) is 8.42 Å². The Morgan fingerprint density at radius 2 is 2.11 bits per heavy atom. The second-order valence-corrected chi connectivity index (χ2v) is 7.07. The standard InChI is InChI=1S/C14H22N2O2S/c1-3-12-6-4-5-9-16(12)19(17,18)14-8-7-11(2)10-13(14)15/h7-8,10,12H,3-6,9,15H2,1-2H3. The number of sulfonamides is 1. The molecule has 0 saturated carbocycles. The molecule has 0 aromatic heterocycles. The van der Waals surface area contributed by atoms with Gasteiger partial charge in [-0.15, -0.1) is 0 Å². The summed E-state index contributed by atoms with van der Waals surface area (Å²) in [6, 6.07) is 5.26. The quantitative estimate of drug-likeness (QED) is 0.866. The first-order valence-electron chi connectivity index (χ1n) is 6.84. The molecule has 2 rings (SSSR count). The summed E-state index contributed by atoms with van der Waals surface area (Å²) in [6.45, 7) is 4.55. The van der Waals surface area contributed by atoms with Gasteiger partial charge < -0.3 is 5.73 Å². The summed E-state index contributed by atoms with van der Waals surface area (Å²) in [6.07, 6.45) is 3.84. The van der Waals surface area contributed by atoms with Gasteiger partial charge in [0.15, 0.2) is 0 Å². The predicted molar refractivity (Wildman–Crippen MR) is 77.4 cm³/mol. The minimum atomic E-state index is -3.46. The second-order valence-electron chi connectivity index (χ2n) is 5.21. The monoisotopic (exact) mass is 282 g/mol. The van der Waals surface area contributed by atoms with E-state index in [1.165, 1.54) is 0 Å². The van der Waals surface area contributed by atoms with Gasteiger partial charge in [-0.05, 0) is 43.9 Å². The Hall–Kier alpha value is -1.07. The molecule has 1 atom stereocenters. The zero-order valence-electron chi connectivity index (χ0n) is 11.6. The van der Waals surface area contributed by atoms with Gasteiger partial charge in [-0.3, -0.25) is 0 Å². The van der Waals surface area contributed by atoms with Crippen LogP contribution in [0.2, 0.25) is 0 Å². The normalized spacial score (nSPS) is 21.5. The third-order valence-corrected chi connectivity index (χ3v) is 5.82. The van der Waals surface area contributed by atoms with E-state index in [2.05, 4.69) is 0 Å². The third kappa shape index (κ3) is 2.77. The molecular weight excluding hydrogens is 260 g/mol. The van der Waals surface area contributed by atoms with Gasteiger partial charge in [0.2, 0.25) is 10.0 Å². The average molecular weight is 282 g/mol. The maximum atomic E-state index is 12.7. The number of hydrogen-bond acceptors (Lipinski definition) is 3. The first kappa shape index (κ1) is 14.3. The Balaban J connectivity index is 2.40. The number of piperidine rings is 1. The summed E-state index contributed by atoms with van der Waals surface area (Å²) in [4.78, 5) is 0.249. The van der Waals surface area contributed by atoms with Gasteiger partial charge >= 0.3 is 0 Å². The Kier molecular flexibility index (Phi) is 4.16. The van der Waals surface area contributed by atoms with E-state index in [-0.39, 0.29) is 10.9 Å². The van der Waals surface area contributed by atoms with Gasteiger partial charge in [0.1, 0.15) is 4.90 Å². The van der Waals surface area contributed by atoms with Crippen molar-refractivity contribution in [3.63, 3.8) is 0 Å². The van der Waals surface area contributed by atoms with Crippen LogP contribution >= 0.6 is 0 Å². The fraction of sp³-hybridized carbons (Fsp3) is 0.571. The van der Waals surface area contributed by atoms with Crippen LogP contribution < -0.4 is 5.73 Å². The summed E-state index contributed by atoms with van der Waals surface area (Å²) in [7, 11) is -3.46. The molecule has 0 radical (unpaired) electrons. The van der Waals surface area contributed by atoms with Crippen LogP contribution in [-0.4, -0.2) is 25.3 Å². The molecule has 1 aromatic carbocycles. The summed E-state index contributed by atoms with van der Waals surface area (Å²) < 4.78 is 27.1. The second kappa shape index (κ2) is 5.51. The summed E-state index contributed by atoms with van der Waals surface area (Å²) >= 11 is 0. The minimum absolute atomic E-state index is 0.111. The van der Waals surface area contributed by atoms with E-state index >= 15 is 0 Å². The molecule has 1 saturated heterocycles. The van der Waals surface area contributed by atoms with Crippen LogP contribution in [0.4, 0.5) is 5.69 Å². The number of nitrogen functional groups attached to an aromatic ring is 1. The molecule has 5 heteroatoms. The molecule has 2 N–H and O–H groups in total. The number of benzene rings is 1. The first-order valence-corrected chi connectivity index (χ1v) is 8.28. The fourth-order valence-electron chi connectivity index (χ4n) is 2.73. The third-order valence-electron chi connectivity index (χ3n) is 3.80. The van der Waals surface area contributed by atoms with Crippen LogP contribution in [0.3, 0.4) is 0 Å². The fourth-order valence-corrected chi connectivity index (χ4v) is 4.59. The smallest absolute Gasteiger partial charge is 0.245 e. The highest BCUT2D eigenvalue weighted by atomic mass is 32.2. The molecule has 0 aliphatic carbocycles. The van der Waals surface area contributed by atoms with Crippen molar-refractivity contribution in [1.29, 1.82) is 0 Å². The molecule has 1 fully saturated rings. The van der Waals surface area contributed by atoms with Crippen molar-refractivity contribution in [3.05, 3.63) is 23.8 Å². The maximum Gasteiger partial charge on any atom is 0.245 e. The van der Waals surface area contributed by atoms with E-state index < -0.39 is 10.0 Å². The van der Waals surface area contributed by atoms with Crippen molar-refractivity contribution < 1.29 is 8.42 Å². The molecule has 4 nitrogen and oxygen atoms in total. The Labute approximate surface area is 115 Å². The molecule has 0 amide bonds. The van der Waals surface area contributed by atoms with E-state index in [1.807, 2.05) is 13.8 Å². The number of nitrogens with two attached hydrogens (primary N) is 1. The molecule has 0 bridgehead atoms. The molecule has 0 spiro atoms. The number of anilines is 1. The SMILES string of the molecule is CCC1CCCCN1S(=O)(=O)c1ccc(C)cc1N. The summed E-state index contributed by atoms with van der Waals surface area (Å²) in [5.41, 5.74) is 7.22. The molecule has 1 aliphatic heterocycles. The van der Waals surface area contributed by atoms with Gasteiger partial charge in [-0.25, -0.2) is 8.42 Å². The Morgan fingerprint density at radius 3 is 2.74 bits per heavy atom. The van der Waals surface area contributed by atoms with Crippen LogP contribution in [0.5, 0.6) is 0 Å². The highest BCUT2D eigenvalue weighted by molar-refractivity contribution is 7.89. The molecule has 1 unspecified atom stereocenters. The number of hydrogen-bond donors (Lipinski definition) is 1. The highest BCUT2D eigenvalue weighted by Gasteiger charge is 2.33. The largest absolute Gasteiger partial charge is 0.398 e. The topological polar surface area (TPSA) is 63.4 Å². The lowest BCUT2D eigenvalue weighted by Gasteiger charge is -2.34. The lowest BCUT2D eigenvalue weighted by atomic mass is 10.0. The van der Waals surface area contributed by atoms with Crippen molar-refractivity contribution in [2.75, 3.05) is 12.3 Å². The molecule has 1 heterocycles. The summed E-state index contributed by atoms with van der Waals surface area (Å²) in [5.74, 6) is 0. The number of aryl methyl sites for hydroxylation is 1. The molecule has 1 aromatic rings. The lowest BCUT2D eigenvalue weighted by Crippen LogP contribution is -2.43. The predicted octanol–water partition coefficient (Wildman–Crippen LogP) is 2.53. The van der Waals surface area contributed by atoms with Crippen LogP contribution in [0.15, 0.2) is 23.1 Å². The summed E-state index contributed by atoms with van der Waals surface area (Å²) in [5, 5.41) is 0. The van der Waals surface area contributed by atoms with Crippen molar-refractivity contribution in [2.24, 2.45) is 0 Å². The molecule has 106 valence electrons. The van der Waals surface area contributed by atoms with Crippen molar-refractivity contribution in [1.82, 2.24) is 4.31 Å². The van der Waals surface area contributed by atoms with Crippen LogP contribution in [0, 0.1) is 6.92 Å². The van der Waals surface area contributed by atoms with Gasteiger partial charge in [0.05, 0.1) is 5.69 Å². The zero-order valence-corrected chi connectivity index (χ0v) is 12.4. The van der Waals surface area contributed by atoms with Crippen molar-refractivity contribution in [3.8, 4) is 0 Å². The Morgan fingerprint density at radius 1 is 1.37 bits per heavy atom. The van der Waals surface area contributed by atoms with Gasteiger partial charge in [-0.1, -0.05) is 19.4 Å². The van der Waals surface area contributed by atoms with Gasteiger partial charge in [0, 0.05) is 12.6 Å². The molecule has 1 aliphatic rings.